The summed E-state index contributed by atoms with van der Waals surface area (Å²) >= 11 is 0. The first-order valence-electron chi connectivity index (χ1n) is 4.64. The summed E-state index contributed by atoms with van der Waals surface area (Å²) in [6.45, 7) is 0. The first-order valence-corrected chi connectivity index (χ1v) is 4.64. The molecule has 0 saturated carbocycles. The molecule has 1 aromatic carbocycles. The minimum atomic E-state index is -0.865. The van der Waals surface area contributed by atoms with Gasteiger partial charge < -0.3 is 10.8 Å². The van der Waals surface area contributed by atoms with Crippen LogP contribution in [0.2, 0.25) is 0 Å². The van der Waals surface area contributed by atoms with Crippen LogP contribution in [0.1, 0.15) is 11.1 Å². The van der Waals surface area contributed by atoms with Gasteiger partial charge >= 0.3 is 0 Å². The Kier molecular flexibility index (Phi) is 2.32. The molecule has 0 heterocycles. The average molecular weight is 212 g/mol. The van der Waals surface area contributed by atoms with Crippen LogP contribution in [0, 0.1) is 10.8 Å². The minimum absolute atomic E-state index is 0.203. The number of nitrogens with one attached hydrogen (secondary N) is 2. The van der Waals surface area contributed by atoms with E-state index in [2.05, 4.69) is 0 Å². The SMILES string of the molecule is N=CC(=O)C(=O)C1=CC(=N)c2ccccc21. The molecule has 2 rings (SSSR count). The average Bonchev–Trinajstić information content (AvgIpc) is 2.65. The molecule has 0 aromatic heterocycles. The zero-order valence-electron chi connectivity index (χ0n) is 8.28. The van der Waals surface area contributed by atoms with E-state index in [1.54, 1.807) is 24.3 Å². The van der Waals surface area contributed by atoms with E-state index in [4.69, 9.17) is 10.8 Å². The minimum Gasteiger partial charge on any atom is -0.305 e. The number of hydrogen-bond donors (Lipinski definition) is 2. The number of fused-ring (bicyclic) bond motifs is 1. The quantitative estimate of drug-likeness (QED) is 0.583. The zero-order valence-corrected chi connectivity index (χ0v) is 8.28. The Morgan fingerprint density at radius 2 is 1.75 bits per heavy atom. The van der Waals surface area contributed by atoms with Crippen molar-refractivity contribution < 1.29 is 9.59 Å². The van der Waals surface area contributed by atoms with Crippen LogP contribution in [0.15, 0.2) is 30.3 Å². The van der Waals surface area contributed by atoms with Crippen molar-refractivity contribution in [2.45, 2.75) is 0 Å². The molecule has 0 aliphatic heterocycles. The Labute approximate surface area is 91.6 Å². The predicted molar refractivity (Wildman–Crippen MR) is 60.0 cm³/mol. The Morgan fingerprint density at radius 1 is 1.12 bits per heavy atom. The monoisotopic (exact) mass is 212 g/mol. The molecule has 0 saturated heterocycles. The number of benzene rings is 1. The maximum Gasteiger partial charge on any atom is 0.243 e. The molecule has 1 aromatic rings. The van der Waals surface area contributed by atoms with Gasteiger partial charge in [-0.2, -0.15) is 0 Å². The van der Waals surface area contributed by atoms with E-state index in [1.807, 2.05) is 0 Å². The molecule has 16 heavy (non-hydrogen) atoms. The highest BCUT2D eigenvalue weighted by Crippen LogP contribution is 2.27. The van der Waals surface area contributed by atoms with Crippen molar-refractivity contribution in [2.24, 2.45) is 0 Å². The van der Waals surface area contributed by atoms with Gasteiger partial charge in [0.1, 0.15) is 0 Å². The lowest BCUT2D eigenvalue weighted by atomic mass is 10.0. The van der Waals surface area contributed by atoms with Crippen LogP contribution in [0.4, 0.5) is 0 Å². The van der Waals surface area contributed by atoms with Crippen molar-refractivity contribution in [3.63, 3.8) is 0 Å². The molecule has 0 amide bonds. The second-order valence-electron chi connectivity index (χ2n) is 3.35. The Balaban J connectivity index is 2.51. The number of allylic oxidation sites excluding steroid dienone is 2. The van der Waals surface area contributed by atoms with Crippen LogP contribution < -0.4 is 0 Å². The van der Waals surface area contributed by atoms with E-state index in [-0.39, 0.29) is 11.3 Å². The fourth-order valence-corrected chi connectivity index (χ4v) is 1.64. The van der Waals surface area contributed by atoms with Crippen LogP contribution in [0.5, 0.6) is 0 Å². The van der Waals surface area contributed by atoms with E-state index < -0.39 is 11.6 Å². The molecule has 0 bridgehead atoms. The summed E-state index contributed by atoms with van der Waals surface area (Å²) < 4.78 is 0. The first-order chi connectivity index (χ1) is 7.65. The topological polar surface area (TPSA) is 81.8 Å². The summed E-state index contributed by atoms with van der Waals surface area (Å²) in [7, 11) is 0. The van der Waals surface area contributed by atoms with Crippen LogP contribution in [0.25, 0.3) is 5.57 Å². The third-order valence-electron chi connectivity index (χ3n) is 2.40. The van der Waals surface area contributed by atoms with E-state index in [0.29, 0.717) is 17.3 Å². The highest BCUT2D eigenvalue weighted by molar-refractivity contribution is 6.69. The fraction of sp³-hybridized carbons (Fsp3) is 0. The highest BCUT2D eigenvalue weighted by Gasteiger charge is 2.26. The number of hydrogen-bond acceptors (Lipinski definition) is 4. The second kappa shape index (κ2) is 3.66. The van der Waals surface area contributed by atoms with Crippen LogP contribution in [-0.4, -0.2) is 23.5 Å². The first kappa shape index (κ1) is 10.2. The number of rotatable bonds is 3. The standard InChI is InChI=1S/C12H8N2O2/c13-6-11(15)12(16)9-5-10(14)8-4-2-1-3-7(8)9/h1-6,13-14H. The zero-order chi connectivity index (χ0) is 11.7. The van der Waals surface area contributed by atoms with Crippen LogP contribution >= 0.6 is 0 Å². The van der Waals surface area contributed by atoms with Gasteiger partial charge in [-0.25, -0.2) is 0 Å². The molecule has 2 N–H and O–H groups in total. The van der Waals surface area contributed by atoms with Crippen molar-refractivity contribution in [3.8, 4) is 0 Å². The van der Waals surface area contributed by atoms with Crippen molar-refractivity contribution in [1.29, 1.82) is 10.8 Å². The number of ketones is 2. The molecule has 0 spiro atoms. The third-order valence-corrected chi connectivity index (χ3v) is 2.40. The van der Waals surface area contributed by atoms with Gasteiger partial charge in [0, 0.05) is 11.1 Å². The van der Waals surface area contributed by atoms with Gasteiger partial charge in [-0.1, -0.05) is 24.3 Å². The van der Waals surface area contributed by atoms with E-state index in [0.717, 1.165) is 0 Å². The van der Waals surface area contributed by atoms with Gasteiger partial charge in [-0.05, 0) is 11.6 Å². The molecule has 0 unspecified atom stereocenters. The fourth-order valence-electron chi connectivity index (χ4n) is 1.64. The predicted octanol–water partition coefficient (Wildman–Crippen LogP) is 1.24. The lowest BCUT2D eigenvalue weighted by molar-refractivity contribution is -0.129. The van der Waals surface area contributed by atoms with Gasteiger partial charge in [0.2, 0.25) is 11.6 Å². The van der Waals surface area contributed by atoms with Crippen molar-refractivity contribution >= 4 is 29.1 Å². The van der Waals surface area contributed by atoms with Crippen LogP contribution in [0.3, 0.4) is 0 Å². The lowest BCUT2D eigenvalue weighted by Crippen LogP contribution is -2.15. The molecule has 0 atom stereocenters. The lowest BCUT2D eigenvalue weighted by Gasteiger charge is -2.01. The van der Waals surface area contributed by atoms with Gasteiger partial charge in [-0.3, -0.25) is 9.59 Å². The van der Waals surface area contributed by atoms with E-state index >= 15 is 0 Å². The Bertz CT molecular complexity index is 556. The molecule has 4 heteroatoms. The molecular weight excluding hydrogens is 204 g/mol. The second-order valence-corrected chi connectivity index (χ2v) is 3.35. The summed E-state index contributed by atoms with van der Waals surface area (Å²) in [5, 5.41) is 14.4. The van der Waals surface area contributed by atoms with Crippen molar-refractivity contribution in [3.05, 3.63) is 41.5 Å². The smallest absolute Gasteiger partial charge is 0.243 e. The normalized spacial score (nSPS) is 13.0. The number of carbonyl (C=O) groups is 2. The van der Waals surface area contributed by atoms with Gasteiger partial charge in [-0.15, -0.1) is 0 Å². The third kappa shape index (κ3) is 1.40. The summed E-state index contributed by atoms with van der Waals surface area (Å²) in [4.78, 5) is 22.7. The number of Topliss-reactive ketones (excluding diaryl/α,β-unsaturated/α-hetero) is 2. The number of carbonyl (C=O) groups excluding carboxylic acids is 2. The summed E-state index contributed by atoms with van der Waals surface area (Å²) in [6, 6.07) is 6.93. The summed E-state index contributed by atoms with van der Waals surface area (Å²) in [5.74, 6) is -1.60. The summed E-state index contributed by atoms with van der Waals surface area (Å²) in [6.07, 6.45) is 1.86. The molecule has 1 aliphatic carbocycles. The largest absolute Gasteiger partial charge is 0.305 e. The molecular formula is C12H8N2O2. The van der Waals surface area contributed by atoms with Crippen LogP contribution in [-0.2, 0) is 9.59 Å². The summed E-state index contributed by atoms with van der Waals surface area (Å²) in [5.41, 5.74) is 1.65. The van der Waals surface area contributed by atoms with Crippen molar-refractivity contribution in [1.82, 2.24) is 0 Å². The van der Waals surface area contributed by atoms with Gasteiger partial charge in [0.25, 0.3) is 0 Å². The Hall–Kier alpha value is -2.36. The molecule has 0 radical (unpaired) electrons. The maximum absolute atomic E-state index is 11.6. The van der Waals surface area contributed by atoms with E-state index in [1.165, 1.54) is 6.08 Å². The molecule has 0 fully saturated rings. The molecule has 1 aliphatic rings. The molecule has 4 nitrogen and oxygen atoms in total. The molecule has 78 valence electrons. The highest BCUT2D eigenvalue weighted by atomic mass is 16.2. The maximum atomic E-state index is 11.6. The van der Waals surface area contributed by atoms with Crippen molar-refractivity contribution in [2.75, 3.05) is 0 Å². The van der Waals surface area contributed by atoms with Gasteiger partial charge in [0.05, 0.1) is 11.9 Å². The Morgan fingerprint density at radius 3 is 2.38 bits per heavy atom. The van der Waals surface area contributed by atoms with Gasteiger partial charge in [0.15, 0.2) is 0 Å². The van der Waals surface area contributed by atoms with E-state index in [9.17, 15) is 9.59 Å².